The molecule has 2 aliphatic rings. The van der Waals surface area contributed by atoms with Gasteiger partial charge in [-0.3, -0.25) is 4.79 Å². The van der Waals surface area contributed by atoms with Crippen molar-refractivity contribution in [3.63, 3.8) is 0 Å². The van der Waals surface area contributed by atoms with Crippen LogP contribution in [0, 0.1) is 11.8 Å². The highest BCUT2D eigenvalue weighted by Gasteiger charge is 2.27. The van der Waals surface area contributed by atoms with Crippen LogP contribution in [0.2, 0.25) is 0 Å². The number of Topliss-reactive ketones (excluding diaryl/α,β-unsaturated/α-hetero) is 1. The van der Waals surface area contributed by atoms with Crippen molar-refractivity contribution in [1.29, 1.82) is 0 Å². The highest BCUT2D eigenvalue weighted by Crippen LogP contribution is 2.39. The van der Waals surface area contributed by atoms with E-state index in [0.29, 0.717) is 5.78 Å². The first-order valence-electron chi connectivity index (χ1n) is 5.88. The van der Waals surface area contributed by atoms with Gasteiger partial charge in [0.05, 0.1) is 0 Å². The maximum atomic E-state index is 11.2. The van der Waals surface area contributed by atoms with Gasteiger partial charge in [-0.05, 0) is 37.5 Å². The zero-order valence-electron chi connectivity index (χ0n) is 8.43. The lowest BCUT2D eigenvalue weighted by molar-refractivity contribution is -0.119. The summed E-state index contributed by atoms with van der Waals surface area (Å²) in [6.45, 7) is 0. The predicted molar refractivity (Wildman–Crippen MR) is 53.5 cm³/mol. The van der Waals surface area contributed by atoms with E-state index in [1.54, 1.807) is 0 Å². The van der Waals surface area contributed by atoms with E-state index in [4.69, 9.17) is 0 Å². The van der Waals surface area contributed by atoms with E-state index in [1.807, 2.05) is 0 Å². The average Bonchev–Trinajstić information content (AvgIpc) is 1.96. The Labute approximate surface area is 80.9 Å². The molecule has 0 aromatic carbocycles. The summed E-state index contributed by atoms with van der Waals surface area (Å²) in [4.78, 5) is 11.2. The minimum Gasteiger partial charge on any atom is -0.300 e. The maximum Gasteiger partial charge on any atom is 0.132 e. The first-order valence-corrected chi connectivity index (χ1v) is 5.88. The van der Waals surface area contributed by atoms with Crippen molar-refractivity contribution in [2.45, 2.75) is 57.8 Å². The summed E-state index contributed by atoms with van der Waals surface area (Å²) in [6.07, 6.45) is 11.1. The van der Waals surface area contributed by atoms with Gasteiger partial charge in [-0.15, -0.1) is 0 Å². The second kappa shape index (κ2) is 4.26. The smallest absolute Gasteiger partial charge is 0.132 e. The first-order chi connectivity index (χ1) is 6.36. The largest absolute Gasteiger partial charge is 0.300 e. The molecular weight excluding hydrogens is 160 g/mol. The number of carbonyl (C=O) groups is 1. The fourth-order valence-electron chi connectivity index (χ4n) is 2.77. The van der Waals surface area contributed by atoms with E-state index in [1.165, 1.54) is 44.9 Å². The molecular formula is C12H20O. The average molecular weight is 180 g/mol. The van der Waals surface area contributed by atoms with Crippen LogP contribution >= 0.6 is 0 Å². The molecule has 0 spiro atoms. The summed E-state index contributed by atoms with van der Waals surface area (Å²) >= 11 is 0. The van der Waals surface area contributed by atoms with Gasteiger partial charge in [-0.1, -0.05) is 19.3 Å². The lowest BCUT2D eigenvalue weighted by atomic mass is 9.71. The van der Waals surface area contributed by atoms with Gasteiger partial charge in [0.25, 0.3) is 0 Å². The molecule has 13 heavy (non-hydrogen) atoms. The molecule has 0 aromatic rings. The molecule has 0 aliphatic heterocycles. The number of hydrogen-bond acceptors (Lipinski definition) is 1. The van der Waals surface area contributed by atoms with Crippen LogP contribution in [-0.4, -0.2) is 5.78 Å². The van der Waals surface area contributed by atoms with Crippen LogP contribution in [-0.2, 0) is 4.79 Å². The van der Waals surface area contributed by atoms with Gasteiger partial charge < -0.3 is 0 Å². The summed E-state index contributed by atoms with van der Waals surface area (Å²) < 4.78 is 0. The molecule has 0 saturated heterocycles. The van der Waals surface area contributed by atoms with Gasteiger partial charge in [0.15, 0.2) is 0 Å². The van der Waals surface area contributed by atoms with E-state index < -0.39 is 0 Å². The lowest BCUT2D eigenvalue weighted by Gasteiger charge is -2.34. The van der Waals surface area contributed by atoms with Gasteiger partial charge in [0, 0.05) is 12.8 Å². The Hall–Kier alpha value is -0.330. The van der Waals surface area contributed by atoms with Gasteiger partial charge in [0.2, 0.25) is 0 Å². The van der Waals surface area contributed by atoms with Crippen LogP contribution in [0.5, 0.6) is 0 Å². The monoisotopic (exact) mass is 180 g/mol. The van der Waals surface area contributed by atoms with Crippen molar-refractivity contribution in [1.82, 2.24) is 0 Å². The van der Waals surface area contributed by atoms with Crippen LogP contribution < -0.4 is 0 Å². The SMILES string of the molecule is O=C1CCCC(C2CCC2)CCC1. The standard InChI is InChI=1S/C12H20O/c13-12-8-2-6-11(7-3-9-12)10-4-1-5-10/h10-11H,1-9H2. The van der Waals surface area contributed by atoms with E-state index in [0.717, 1.165) is 24.7 Å². The zero-order chi connectivity index (χ0) is 9.10. The van der Waals surface area contributed by atoms with Crippen molar-refractivity contribution in [3.05, 3.63) is 0 Å². The maximum absolute atomic E-state index is 11.2. The molecule has 0 aromatic heterocycles. The highest BCUT2D eigenvalue weighted by atomic mass is 16.1. The van der Waals surface area contributed by atoms with E-state index >= 15 is 0 Å². The molecule has 0 amide bonds. The van der Waals surface area contributed by atoms with Gasteiger partial charge in [-0.25, -0.2) is 0 Å². The number of rotatable bonds is 1. The summed E-state index contributed by atoms with van der Waals surface area (Å²) in [6, 6.07) is 0. The van der Waals surface area contributed by atoms with Crippen molar-refractivity contribution in [2.75, 3.05) is 0 Å². The molecule has 1 heteroatoms. The fraction of sp³-hybridized carbons (Fsp3) is 0.917. The molecule has 74 valence electrons. The zero-order valence-corrected chi connectivity index (χ0v) is 8.43. The molecule has 0 unspecified atom stereocenters. The summed E-state index contributed by atoms with van der Waals surface area (Å²) in [7, 11) is 0. The first kappa shape index (κ1) is 9.23. The third-order valence-electron chi connectivity index (χ3n) is 3.88. The number of hydrogen-bond donors (Lipinski definition) is 0. The minimum absolute atomic E-state index is 0.507. The van der Waals surface area contributed by atoms with Crippen LogP contribution in [0.3, 0.4) is 0 Å². The Kier molecular flexibility index (Phi) is 3.02. The molecule has 2 saturated carbocycles. The minimum atomic E-state index is 0.507. The third-order valence-corrected chi connectivity index (χ3v) is 3.88. The van der Waals surface area contributed by atoms with Crippen molar-refractivity contribution in [2.24, 2.45) is 11.8 Å². The Morgan fingerprint density at radius 3 is 1.62 bits per heavy atom. The summed E-state index contributed by atoms with van der Waals surface area (Å²) in [5.41, 5.74) is 0. The topological polar surface area (TPSA) is 17.1 Å². The second-order valence-corrected chi connectivity index (χ2v) is 4.77. The van der Waals surface area contributed by atoms with E-state index in [9.17, 15) is 4.79 Å². The number of carbonyl (C=O) groups excluding carboxylic acids is 1. The highest BCUT2D eigenvalue weighted by molar-refractivity contribution is 5.78. The molecule has 1 nitrogen and oxygen atoms in total. The fourth-order valence-corrected chi connectivity index (χ4v) is 2.77. The Balaban J connectivity index is 1.80. The Morgan fingerprint density at radius 1 is 0.769 bits per heavy atom. The molecule has 2 aliphatic carbocycles. The normalized spacial score (nSPS) is 27.8. The summed E-state index contributed by atoms with van der Waals surface area (Å²) in [5.74, 6) is 2.52. The summed E-state index contributed by atoms with van der Waals surface area (Å²) in [5, 5.41) is 0. The number of ketones is 1. The van der Waals surface area contributed by atoms with Crippen molar-refractivity contribution >= 4 is 5.78 Å². The van der Waals surface area contributed by atoms with Crippen molar-refractivity contribution < 1.29 is 4.79 Å². The van der Waals surface area contributed by atoms with E-state index in [-0.39, 0.29) is 0 Å². The van der Waals surface area contributed by atoms with Crippen LogP contribution in [0.1, 0.15) is 57.8 Å². The van der Waals surface area contributed by atoms with Crippen LogP contribution in [0.15, 0.2) is 0 Å². The molecule has 0 N–H and O–H groups in total. The molecule has 0 atom stereocenters. The van der Waals surface area contributed by atoms with Crippen LogP contribution in [0.4, 0.5) is 0 Å². The predicted octanol–water partition coefficient (Wildman–Crippen LogP) is 3.33. The molecule has 0 bridgehead atoms. The van der Waals surface area contributed by atoms with E-state index in [2.05, 4.69) is 0 Å². The van der Waals surface area contributed by atoms with Crippen molar-refractivity contribution in [3.8, 4) is 0 Å². The molecule has 2 rings (SSSR count). The Bertz CT molecular complexity index is 170. The van der Waals surface area contributed by atoms with Gasteiger partial charge in [0.1, 0.15) is 5.78 Å². The third kappa shape index (κ3) is 2.32. The lowest BCUT2D eigenvalue weighted by Crippen LogP contribution is -2.23. The molecule has 0 radical (unpaired) electrons. The Morgan fingerprint density at radius 2 is 1.23 bits per heavy atom. The quantitative estimate of drug-likeness (QED) is 0.605. The molecule has 0 heterocycles. The second-order valence-electron chi connectivity index (χ2n) is 4.77. The molecule has 2 fully saturated rings. The van der Waals surface area contributed by atoms with Gasteiger partial charge >= 0.3 is 0 Å². The van der Waals surface area contributed by atoms with Crippen LogP contribution in [0.25, 0.3) is 0 Å². The van der Waals surface area contributed by atoms with Gasteiger partial charge in [-0.2, -0.15) is 0 Å².